The van der Waals surface area contributed by atoms with Crippen LogP contribution in [0.2, 0.25) is 0 Å². The van der Waals surface area contributed by atoms with Crippen LogP contribution in [0.4, 0.5) is 17.1 Å². The topological polar surface area (TPSA) is 114 Å². The molecule has 3 aliphatic rings. The number of hydrazone groups is 1. The molecule has 1 fully saturated rings. The van der Waals surface area contributed by atoms with Gasteiger partial charge in [-0.05, 0) is 31.3 Å². The number of rotatable bonds is 5. The largest absolute Gasteiger partial charge is 0.486 e. The molecule has 0 aromatic heterocycles. The van der Waals surface area contributed by atoms with Gasteiger partial charge in [0.05, 0.1) is 17.0 Å². The number of likely N-dealkylation sites (N-methyl/N-ethyl adjacent to an activating group) is 1. The summed E-state index contributed by atoms with van der Waals surface area (Å²) in [7, 11) is 2.08. The minimum Gasteiger partial charge on any atom is -0.486 e. The minimum atomic E-state index is -0.347. The Hall–Kier alpha value is -3.86. The van der Waals surface area contributed by atoms with Crippen LogP contribution in [0, 0.1) is 10.1 Å². The standard InChI is InChI=1S/C23H26N6O5/c1-27-6-8-28(9-7-27)18-4-2-16(19(14-18)29(30)31)12-23-26-25-22(15-34-23)24-17-3-5-20-21(13-17)33-11-10-32-20/h2-5,13-14H,6-12,15H2,1H3,(H,24,25). The first-order valence-corrected chi connectivity index (χ1v) is 11.2. The fraction of sp³-hybridized carbons (Fsp3) is 0.391. The van der Waals surface area contributed by atoms with Crippen LogP contribution in [-0.4, -0.2) is 74.6 Å². The number of amidine groups is 1. The van der Waals surface area contributed by atoms with Gasteiger partial charge in [-0.2, -0.15) is 0 Å². The molecule has 0 atom stereocenters. The maximum atomic E-state index is 11.8. The van der Waals surface area contributed by atoms with Crippen LogP contribution in [-0.2, 0) is 11.2 Å². The number of nitro groups is 1. The van der Waals surface area contributed by atoms with Crippen LogP contribution in [0.15, 0.2) is 46.5 Å². The van der Waals surface area contributed by atoms with Crippen LogP contribution in [0.3, 0.4) is 0 Å². The molecular weight excluding hydrogens is 440 g/mol. The Balaban J connectivity index is 1.27. The first-order chi connectivity index (χ1) is 16.5. The lowest BCUT2D eigenvalue weighted by molar-refractivity contribution is -0.385. The zero-order valence-electron chi connectivity index (χ0n) is 18.9. The van der Waals surface area contributed by atoms with Crippen LogP contribution in [0.5, 0.6) is 11.5 Å². The van der Waals surface area contributed by atoms with Gasteiger partial charge in [-0.3, -0.25) is 15.5 Å². The molecule has 5 rings (SSSR count). The fourth-order valence-electron chi connectivity index (χ4n) is 4.04. The van der Waals surface area contributed by atoms with Crippen molar-refractivity contribution in [3.05, 3.63) is 52.1 Å². The maximum absolute atomic E-state index is 11.8. The highest BCUT2D eigenvalue weighted by molar-refractivity contribution is 5.92. The molecule has 34 heavy (non-hydrogen) atoms. The van der Waals surface area contributed by atoms with Gasteiger partial charge in [0.25, 0.3) is 5.69 Å². The summed E-state index contributed by atoms with van der Waals surface area (Å²) in [6, 6.07) is 10.8. The Bertz CT molecular complexity index is 1140. The minimum absolute atomic E-state index is 0.0680. The third-order valence-corrected chi connectivity index (χ3v) is 5.95. The Morgan fingerprint density at radius 2 is 1.85 bits per heavy atom. The number of ether oxygens (including phenoxy) is 3. The molecule has 2 aromatic carbocycles. The molecule has 11 nitrogen and oxygen atoms in total. The molecule has 0 aliphatic carbocycles. The van der Waals surface area contributed by atoms with Gasteiger partial charge in [-0.15, -0.1) is 5.10 Å². The summed E-state index contributed by atoms with van der Waals surface area (Å²) in [6.45, 7) is 4.77. The van der Waals surface area contributed by atoms with Crippen molar-refractivity contribution in [3.8, 4) is 11.5 Å². The number of anilines is 1. The number of fused-ring (bicyclic) bond motifs is 1. The summed E-state index contributed by atoms with van der Waals surface area (Å²) >= 11 is 0. The predicted molar refractivity (Wildman–Crippen MR) is 128 cm³/mol. The van der Waals surface area contributed by atoms with Gasteiger partial charge in [-0.25, -0.2) is 4.99 Å². The SMILES string of the molecule is CN1CCN(c2ccc(CC3=NNC(=Nc4ccc5c(c4)OCCO5)CO3)c([N+](=O)[O-])c2)CC1. The third kappa shape index (κ3) is 4.88. The van der Waals surface area contributed by atoms with Crippen LogP contribution in [0.25, 0.3) is 0 Å². The fourth-order valence-corrected chi connectivity index (χ4v) is 4.04. The molecule has 1 saturated heterocycles. The molecule has 0 amide bonds. The van der Waals surface area contributed by atoms with E-state index in [4.69, 9.17) is 14.2 Å². The normalized spacial score (nSPS) is 19.3. The number of hydrogen-bond acceptors (Lipinski definition) is 9. The summed E-state index contributed by atoms with van der Waals surface area (Å²) in [4.78, 5) is 20.3. The van der Waals surface area contributed by atoms with E-state index in [-0.39, 0.29) is 23.6 Å². The molecule has 2 aromatic rings. The van der Waals surface area contributed by atoms with Gasteiger partial charge in [0.15, 0.2) is 17.3 Å². The van der Waals surface area contributed by atoms with E-state index in [1.54, 1.807) is 18.2 Å². The van der Waals surface area contributed by atoms with Gasteiger partial charge < -0.3 is 24.0 Å². The highest BCUT2D eigenvalue weighted by Crippen LogP contribution is 2.33. The van der Waals surface area contributed by atoms with Crippen molar-refractivity contribution in [2.45, 2.75) is 6.42 Å². The number of nitro benzene ring substituents is 1. The van der Waals surface area contributed by atoms with E-state index < -0.39 is 0 Å². The van der Waals surface area contributed by atoms with Crippen molar-refractivity contribution >= 4 is 28.8 Å². The van der Waals surface area contributed by atoms with Crippen molar-refractivity contribution in [1.29, 1.82) is 0 Å². The number of nitrogens with one attached hydrogen (secondary N) is 1. The molecule has 0 spiro atoms. The van der Waals surface area contributed by atoms with Crippen LogP contribution < -0.4 is 19.8 Å². The molecule has 1 N–H and O–H groups in total. The molecule has 0 radical (unpaired) electrons. The van der Waals surface area contributed by atoms with Crippen molar-refractivity contribution in [1.82, 2.24) is 10.3 Å². The Morgan fingerprint density at radius 3 is 2.59 bits per heavy atom. The van der Waals surface area contributed by atoms with Gasteiger partial charge in [0, 0.05) is 49.6 Å². The molecule has 178 valence electrons. The molecular formula is C23H26N6O5. The van der Waals surface area contributed by atoms with Gasteiger partial charge >= 0.3 is 0 Å². The van der Waals surface area contributed by atoms with Crippen molar-refractivity contribution in [3.63, 3.8) is 0 Å². The predicted octanol–water partition coefficient (Wildman–Crippen LogP) is 2.32. The quantitative estimate of drug-likeness (QED) is 0.528. The monoisotopic (exact) mass is 466 g/mol. The van der Waals surface area contributed by atoms with Crippen molar-refractivity contribution in [2.24, 2.45) is 10.1 Å². The van der Waals surface area contributed by atoms with Crippen molar-refractivity contribution in [2.75, 3.05) is 57.9 Å². The van der Waals surface area contributed by atoms with E-state index in [2.05, 4.69) is 32.4 Å². The second-order valence-corrected chi connectivity index (χ2v) is 8.33. The first kappa shape index (κ1) is 22.0. The number of nitrogens with zero attached hydrogens (tertiary/aromatic N) is 5. The van der Waals surface area contributed by atoms with E-state index >= 15 is 0 Å². The first-order valence-electron chi connectivity index (χ1n) is 11.2. The van der Waals surface area contributed by atoms with E-state index in [9.17, 15) is 10.1 Å². The third-order valence-electron chi connectivity index (χ3n) is 5.95. The van der Waals surface area contributed by atoms with E-state index in [1.807, 2.05) is 18.2 Å². The molecule has 0 unspecified atom stereocenters. The highest BCUT2D eigenvalue weighted by Gasteiger charge is 2.22. The number of aliphatic imine (C=N–C) groups is 1. The zero-order chi connectivity index (χ0) is 23.5. The number of piperazine rings is 1. The van der Waals surface area contributed by atoms with E-state index in [1.165, 1.54) is 0 Å². The second-order valence-electron chi connectivity index (χ2n) is 8.33. The van der Waals surface area contributed by atoms with E-state index in [0.29, 0.717) is 47.7 Å². The van der Waals surface area contributed by atoms with Crippen LogP contribution >= 0.6 is 0 Å². The van der Waals surface area contributed by atoms with Crippen molar-refractivity contribution < 1.29 is 19.1 Å². The molecule has 0 saturated carbocycles. The van der Waals surface area contributed by atoms with Gasteiger partial charge in [-0.1, -0.05) is 0 Å². The highest BCUT2D eigenvalue weighted by atomic mass is 16.6. The lowest BCUT2D eigenvalue weighted by Gasteiger charge is -2.34. The lowest BCUT2D eigenvalue weighted by Crippen LogP contribution is -2.44. The summed E-state index contributed by atoms with van der Waals surface area (Å²) in [5, 5.41) is 16.0. The van der Waals surface area contributed by atoms with Gasteiger partial charge in [0.2, 0.25) is 5.90 Å². The zero-order valence-corrected chi connectivity index (χ0v) is 18.9. The summed E-state index contributed by atoms with van der Waals surface area (Å²) in [6.07, 6.45) is 0.212. The molecule has 11 heteroatoms. The second kappa shape index (κ2) is 9.56. The average Bonchev–Trinajstić information content (AvgIpc) is 2.86. The number of benzene rings is 2. The molecule has 3 heterocycles. The van der Waals surface area contributed by atoms with Gasteiger partial charge in [0.1, 0.15) is 19.8 Å². The summed E-state index contributed by atoms with van der Waals surface area (Å²) < 4.78 is 16.8. The maximum Gasteiger partial charge on any atom is 0.275 e. The molecule has 3 aliphatic heterocycles. The summed E-state index contributed by atoms with van der Waals surface area (Å²) in [5.74, 6) is 2.25. The smallest absolute Gasteiger partial charge is 0.275 e. The molecule has 0 bridgehead atoms. The Kier molecular flexibility index (Phi) is 6.17. The number of hydrogen-bond donors (Lipinski definition) is 1. The average molecular weight is 466 g/mol. The van der Waals surface area contributed by atoms with Crippen LogP contribution in [0.1, 0.15) is 5.56 Å². The Labute approximate surface area is 196 Å². The Morgan fingerprint density at radius 1 is 1.06 bits per heavy atom. The lowest BCUT2D eigenvalue weighted by atomic mass is 10.1. The van der Waals surface area contributed by atoms with E-state index in [0.717, 1.165) is 31.9 Å². The summed E-state index contributed by atoms with van der Waals surface area (Å²) in [5.41, 5.74) is 5.06.